The third-order valence-electron chi connectivity index (χ3n) is 6.14. The van der Waals surface area contributed by atoms with E-state index >= 15 is 0 Å². The predicted molar refractivity (Wildman–Crippen MR) is 114 cm³/mol. The van der Waals surface area contributed by atoms with Crippen LogP contribution >= 0.6 is 16.1 Å². The van der Waals surface area contributed by atoms with Crippen molar-refractivity contribution in [1.29, 1.82) is 0 Å². The van der Waals surface area contributed by atoms with Crippen molar-refractivity contribution in [2.45, 2.75) is 66.2 Å². The molecule has 0 aliphatic heterocycles. The van der Waals surface area contributed by atoms with Gasteiger partial charge < -0.3 is 0 Å². The molecule has 0 bridgehead atoms. The molecule has 3 rings (SSSR count). The van der Waals surface area contributed by atoms with E-state index in [1.54, 1.807) is 12.1 Å². The van der Waals surface area contributed by atoms with E-state index in [1.165, 1.54) is 11.1 Å². The number of para-hydroxylation sites is 2. The van der Waals surface area contributed by atoms with Crippen molar-refractivity contribution in [3.05, 3.63) is 46.0 Å². The summed E-state index contributed by atoms with van der Waals surface area (Å²) in [5, 5.41) is 1.82. The topological polar surface area (TPSA) is 52.6 Å². The van der Waals surface area contributed by atoms with Crippen LogP contribution in [0, 0.1) is 11.8 Å². The van der Waals surface area contributed by atoms with Crippen molar-refractivity contribution >= 4 is 16.1 Å². The molecule has 1 aromatic rings. The van der Waals surface area contributed by atoms with Gasteiger partial charge in [0.25, 0.3) is 0 Å². The molecule has 2 aliphatic rings. The Bertz CT molecular complexity index is 772. The highest BCUT2D eigenvalue weighted by molar-refractivity contribution is 7.45. The molecule has 0 aromatic heterocycles. The smallest absolute Gasteiger partial charge is 0.246 e. The fraction of sp³-hybridized carbons (Fsp3) is 0.545. The Labute approximate surface area is 170 Å². The summed E-state index contributed by atoms with van der Waals surface area (Å²) in [5.41, 5.74) is 2.35. The van der Waals surface area contributed by atoms with Crippen LogP contribution in [0.15, 0.2) is 46.0 Å². The monoisotopic (exact) mass is 420 g/mol. The lowest BCUT2D eigenvalue weighted by Gasteiger charge is -2.17. The molecule has 150 valence electrons. The zero-order valence-electron chi connectivity index (χ0n) is 17.2. The minimum atomic E-state index is -1.97. The molecule has 2 aliphatic carbocycles. The van der Waals surface area contributed by atoms with E-state index in [-0.39, 0.29) is 0 Å². The van der Waals surface area contributed by atoms with Gasteiger partial charge in [-0.15, -0.1) is 0 Å². The number of allylic oxidation sites excluding steroid dienone is 4. The molecule has 0 radical (unpaired) electrons. The lowest BCUT2D eigenvalue weighted by molar-refractivity contribution is 0.465. The highest BCUT2D eigenvalue weighted by Gasteiger charge is 2.37. The molecule has 0 fully saturated rings. The summed E-state index contributed by atoms with van der Waals surface area (Å²) in [4.78, 5) is 0. The SMILES string of the molecule is CC1=C([P+](=O)Oc2ccccc2O[P+](=O)C2=C(C)C(C)CCC2)CCCC1C. The third kappa shape index (κ3) is 4.73. The summed E-state index contributed by atoms with van der Waals surface area (Å²) in [7, 11) is -3.94. The molecule has 4 unspecified atom stereocenters. The minimum Gasteiger partial charge on any atom is -0.246 e. The van der Waals surface area contributed by atoms with E-state index in [2.05, 4.69) is 27.7 Å². The normalized spacial score (nSPS) is 24.1. The summed E-state index contributed by atoms with van der Waals surface area (Å²) < 4.78 is 37.4. The molecule has 0 heterocycles. The van der Waals surface area contributed by atoms with Gasteiger partial charge in [-0.05, 0) is 83.8 Å². The maximum atomic E-state index is 12.9. The van der Waals surface area contributed by atoms with Gasteiger partial charge in [-0.3, -0.25) is 0 Å². The average molecular weight is 420 g/mol. The molecule has 0 spiro atoms. The quantitative estimate of drug-likeness (QED) is 0.436. The van der Waals surface area contributed by atoms with Gasteiger partial charge in [0.05, 0.1) is 0 Å². The van der Waals surface area contributed by atoms with Crippen LogP contribution in [-0.4, -0.2) is 0 Å². The van der Waals surface area contributed by atoms with Crippen LogP contribution in [0.25, 0.3) is 0 Å². The molecule has 1 aromatic carbocycles. The average Bonchev–Trinajstić information content (AvgIpc) is 2.67. The van der Waals surface area contributed by atoms with Crippen LogP contribution in [0.2, 0.25) is 0 Å². The molecule has 28 heavy (non-hydrogen) atoms. The molecular weight excluding hydrogens is 390 g/mol. The van der Waals surface area contributed by atoms with Gasteiger partial charge >= 0.3 is 16.1 Å². The lowest BCUT2D eigenvalue weighted by atomic mass is 9.90. The van der Waals surface area contributed by atoms with Gasteiger partial charge in [-0.2, -0.15) is 0 Å². The summed E-state index contributed by atoms with van der Waals surface area (Å²) in [6, 6.07) is 7.10. The van der Waals surface area contributed by atoms with Crippen molar-refractivity contribution < 1.29 is 18.2 Å². The van der Waals surface area contributed by atoms with E-state index in [1.807, 2.05) is 12.1 Å². The van der Waals surface area contributed by atoms with Crippen molar-refractivity contribution in [3.63, 3.8) is 0 Å². The zero-order chi connectivity index (χ0) is 20.3. The molecule has 4 nitrogen and oxygen atoms in total. The maximum absolute atomic E-state index is 12.9. The highest BCUT2D eigenvalue weighted by Crippen LogP contribution is 2.50. The fourth-order valence-electron chi connectivity index (χ4n) is 3.91. The number of hydrogen-bond acceptors (Lipinski definition) is 4. The fourth-order valence-corrected chi connectivity index (χ4v) is 6.49. The Morgan fingerprint density at radius 3 is 1.57 bits per heavy atom. The molecule has 6 heteroatoms. The van der Waals surface area contributed by atoms with Gasteiger partial charge in [-0.25, -0.2) is 9.05 Å². The van der Waals surface area contributed by atoms with Crippen molar-refractivity contribution in [2.24, 2.45) is 11.8 Å². The number of rotatable bonds is 6. The third-order valence-corrected chi connectivity index (χ3v) is 8.90. The van der Waals surface area contributed by atoms with Crippen LogP contribution in [0.1, 0.15) is 66.2 Å². The van der Waals surface area contributed by atoms with Crippen LogP contribution < -0.4 is 9.05 Å². The van der Waals surface area contributed by atoms with Crippen molar-refractivity contribution in [1.82, 2.24) is 0 Å². The summed E-state index contributed by atoms with van der Waals surface area (Å²) >= 11 is 0. The largest absolute Gasteiger partial charge is 0.592 e. The van der Waals surface area contributed by atoms with Gasteiger partial charge in [0.2, 0.25) is 22.1 Å². The van der Waals surface area contributed by atoms with E-state index in [4.69, 9.17) is 9.05 Å². The van der Waals surface area contributed by atoms with Crippen LogP contribution in [0.3, 0.4) is 0 Å². The summed E-state index contributed by atoms with van der Waals surface area (Å²) in [6.45, 7) is 8.43. The van der Waals surface area contributed by atoms with E-state index in [9.17, 15) is 9.13 Å². The van der Waals surface area contributed by atoms with Crippen molar-refractivity contribution in [3.8, 4) is 11.5 Å². The first-order valence-corrected chi connectivity index (χ1v) is 12.5. The van der Waals surface area contributed by atoms with E-state index < -0.39 is 16.1 Å². The molecule has 4 atom stereocenters. The first-order valence-electron chi connectivity index (χ1n) is 10.2. The standard InChI is InChI=1S/C22H30O4P2/c1-15-9-7-13-21(17(15)3)27(23)25-19-11-5-6-12-20(19)26-28(24)22-14-8-10-16(2)18(22)4/h5-6,11-12,15-16H,7-10,13-14H2,1-4H3/q+2. The second kappa shape index (κ2) is 9.33. The van der Waals surface area contributed by atoms with Crippen LogP contribution in [0.4, 0.5) is 0 Å². The Kier molecular flexibility index (Phi) is 7.07. The zero-order valence-corrected chi connectivity index (χ0v) is 19.0. The van der Waals surface area contributed by atoms with Gasteiger partial charge in [-0.1, -0.05) is 26.0 Å². The minimum absolute atomic E-state index is 0.396. The Morgan fingerprint density at radius 1 is 0.786 bits per heavy atom. The molecule has 0 N–H and O–H groups in total. The molecule has 0 saturated carbocycles. The number of hydrogen-bond donors (Lipinski definition) is 0. The van der Waals surface area contributed by atoms with E-state index in [0.29, 0.717) is 23.3 Å². The Morgan fingerprint density at radius 2 is 1.18 bits per heavy atom. The first kappa shape index (κ1) is 21.2. The van der Waals surface area contributed by atoms with Crippen LogP contribution in [0.5, 0.6) is 11.5 Å². The summed E-state index contributed by atoms with van der Waals surface area (Å²) in [6.07, 6.45) is 5.96. The maximum Gasteiger partial charge on any atom is 0.592 e. The number of benzene rings is 1. The molecule has 0 saturated heterocycles. The highest BCUT2D eigenvalue weighted by atomic mass is 31.1. The van der Waals surface area contributed by atoms with Gasteiger partial charge in [0, 0.05) is 12.8 Å². The van der Waals surface area contributed by atoms with Crippen LogP contribution in [-0.2, 0) is 9.13 Å². The van der Waals surface area contributed by atoms with E-state index in [0.717, 1.165) is 49.2 Å². The molecular formula is C22H30O4P2+2. The predicted octanol–water partition coefficient (Wildman–Crippen LogP) is 8.12. The second-order valence-electron chi connectivity index (χ2n) is 7.99. The lowest BCUT2D eigenvalue weighted by Crippen LogP contribution is -2.06. The van der Waals surface area contributed by atoms with Gasteiger partial charge in [0.15, 0.2) is 0 Å². The molecule has 0 amide bonds. The second-order valence-corrected chi connectivity index (χ2v) is 10.5. The Hall–Kier alpha value is -1.50. The first-order chi connectivity index (χ1) is 13.4. The Balaban J connectivity index is 1.78. The van der Waals surface area contributed by atoms with Gasteiger partial charge in [0.1, 0.15) is 0 Å². The van der Waals surface area contributed by atoms with Crippen molar-refractivity contribution in [2.75, 3.05) is 0 Å². The summed E-state index contributed by atoms with van der Waals surface area (Å²) in [5.74, 6) is 1.67.